The molecular weight excluding hydrogens is 242 g/mol. The molecule has 0 radical (unpaired) electrons. The van der Waals surface area contributed by atoms with Gasteiger partial charge in [-0.15, -0.1) is 0 Å². The van der Waals surface area contributed by atoms with Crippen molar-refractivity contribution in [1.82, 2.24) is 0 Å². The van der Waals surface area contributed by atoms with Crippen molar-refractivity contribution in [2.24, 2.45) is 4.99 Å². The zero-order valence-electron chi connectivity index (χ0n) is 10.2. The molecule has 18 heavy (non-hydrogen) atoms. The summed E-state index contributed by atoms with van der Waals surface area (Å²) in [7, 11) is 0. The first-order valence-electron chi connectivity index (χ1n) is 5.78. The number of rotatable bonds is 3. The first-order chi connectivity index (χ1) is 8.74. The van der Waals surface area contributed by atoms with E-state index in [-0.39, 0.29) is 0 Å². The molecule has 0 saturated carbocycles. The maximum Gasteiger partial charge on any atom is 0.0633 e. The largest absolute Gasteiger partial charge is 0.254 e. The summed E-state index contributed by atoms with van der Waals surface area (Å²) in [6.45, 7) is 1.98. The van der Waals surface area contributed by atoms with Crippen LogP contribution in [0.3, 0.4) is 0 Å². The van der Waals surface area contributed by atoms with Crippen molar-refractivity contribution in [3.63, 3.8) is 0 Å². The molecule has 0 atom stereocenters. The quantitative estimate of drug-likeness (QED) is 0.673. The molecule has 90 valence electrons. The normalized spacial score (nSPS) is 12.0. The van der Waals surface area contributed by atoms with Crippen LogP contribution in [0.1, 0.15) is 12.5 Å². The number of hydrogen-bond acceptors (Lipinski definition) is 1. The SMILES string of the molecule is CC(C=Cc1ccccc1)=Nc1ccc(Cl)cc1. The van der Waals surface area contributed by atoms with E-state index in [1.807, 2.05) is 55.5 Å². The molecule has 0 aliphatic heterocycles. The Bertz CT molecular complexity index is 553. The standard InChI is InChI=1S/C16H14ClN/c1-13(7-8-14-5-3-2-4-6-14)18-16-11-9-15(17)10-12-16/h2-12H,1H3. The lowest BCUT2D eigenvalue weighted by molar-refractivity contribution is 1.50. The summed E-state index contributed by atoms with van der Waals surface area (Å²) in [5.41, 5.74) is 3.04. The molecule has 0 aliphatic rings. The van der Waals surface area contributed by atoms with Gasteiger partial charge in [0.25, 0.3) is 0 Å². The first-order valence-corrected chi connectivity index (χ1v) is 6.16. The smallest absolute Gasteiger partial charge is 0.0633 e. The zero-order chi connectivity index (χ0) is 12.8. The van der Waals surface area contributed by atoms with Crippen LogP contribution in [0, 0.1) is 0 Å². The van der Waals surface area contributed by atoms with Crippen LogP contribution in [0.4, 0.5) is 5.69 Å². The number of halogens is 1. The van der Waals surface area contributed by atoms with Gasteiger partial charge in [0.05, 0.1) is 5.69 Å². The summed E-state index contributed by atoms with van der Waals surface area (Å²) in [4.78, 5) is 4.49. The zero-order valence-corrected chi connectivity index (χ0v) is 10.9. The summed E-state index contributed by atoms with van der Waals surface area (Å²) < 4.78 is 0. The van der Waals surface area contributed by atoms with Gasteiger partial charge in [-0.3, -0.25) is 4.99 Å². The van der Waals surface area contributed by atoms with Crippen LogP contribution in [-0.4, -0.2) is 5.71 Å². The summed E-state index contributed by atoms with van der Waals surface area (Å²) in [5.74, 6) is 0. The van der Waals surface area contributed by atoms with E-state index < -0.39 is 0 Å². The molecule has 2 heteroatoms. The molecule has 0 saturated heterocycles. The second-order valence-electron chi connectivity index (χ2n) is 3.97. The fourth-order valence-electron chi connectivity index (χ4n) is 1.54. The van der Waals surface area contributed by atoms with E-state index in [4.69, 9.17) is 11.6 Å². The highest BCUT2D eigenvalue weighted by atomic mass is 35.5. The Kier molecular flexibility index (Phi) is 4.32. The van der Waals surface area contributed by atoms with Gasteiger partial charge in [0.1, 0.15) is 0 Å². The second kappa shape index (κ2) is 6.18. The van der Waals surface area contributed by atoms with E-state index in [9.17, 15) is 0 Å². The highest BCUT2D eigenvalue weighted by Crippen LogP contribution is 2.16. The molecule has 0 spiro atoms. The van der Waals surface area contributed by atoms with E-state index >= 15 is 0 Å². The van der Waals surface area contributed by atoms with Crippen LogP contribution in [0.15, 0.2) is 65.7 Å². The van der Waals surface area contributed by atoms with E-state index in [0.717, 1.165) is 16.4 Å². The van der Waals surface area contributed by atoms with E-state index in [2.05, 4.69) is 23.2 Å². The van der Waals surface area contributed by atoms with Crippen LogP contribution in [0.2, 0.25) is 5.02 Å². The Morgan fingerprint density at radius 3 is 2.33 bits per heavy atom. The Morgan fingerprint density at radius 1 is 1.00 bits per heavy atom. The fourth-order valence-corrected chi connectivity index (χ4v) is 1.66. The van der Waals surface area contributed by atoms with Crippen molar-refractivity contribution in [2.75, 3.05) is 0 Å². The van der Waals surface area contributed by atoms with Crippen LogP contribution in [0.5, 0.6) is 0 Å². The number of hydrogen-bond donors (Lipinski definition) is 0. The molecule has 0 aromatic heterocycles. The average molecular weight is 256 g/mol. The lowest BCUT2D eigenvalue weighted by Crippen LogP contribution is -1.83. The summed E-state index contributed by atoms with van der Waals surface area (Å²) in [6, 6.07) is 17.7. The van der Waals surface area contributed by atoms with Crippen molar-refractivity contribution in [2.45, 2.75) is 6.92 Å². The molecule has 0 unspecified atom stereocenters. The topological polar surface area (TPSA) is 12.4 Å². The molecule has 1 nitrogen and oxygen atoms in total. The fraction of sp³-hybridized carbons (Fsp3) is 0.0625. The summed E-state index contributed by atoms with van der Waals surface area (Å²) in [6.07, 6.45) is 4.05. The molecule has 0 amide bonds. The third kappa shape index (κ3) is 3.86. The second-order valence-corrected chi connectivity index (χ2v) is 4.41. The maximum atomic E-state index is 5.83. The first kappa shape index (κ1) is 12.6. The molecule has 2 aromatic rings. The van der Waals surface area contributed by atoms with Crippen molar-refractivity contribution < 1.29 is 0 Å². The molecule has 2 rings (SSSR count). The van der Waals surface area contributed by atoms with Crippen LogP contribution in [0.25, 0.3) is 6.08 Å². The molecule has 0 bridgehead atoms. The van der Waals surface area contributed by atoms with Crippen molar-refractivity contribution in [1.29, 1.82) is 0 Å². The lowest BCUT2D eigenvalue weighted by atomic mass is 10.2. The monoisotopic (exact) mass is 255 g/mol. The third-order valence-corrected chi connectivity index (χ3v) is 2.70. The minimum atomic E-state index is 0.728. The molecule has 0 N–H and O–H groups in total. The lowest BCUT2D eigenvalue weighted by Gasteiger charge is -1.96. The Morgan fingerprint density at radius 2 is 1.67 bits per heavy atom. The van der Waals surface area contributed by atoms with Gasteiger partial charge in [0.2, 0.25) is 0 Å². The van der Waals surface area contributed by atoms with Gasteiger partial charge in [-0.05, 0) is 42.8 Å². The Labute approximate surface area is 112 Å². The summed E-state index contributed by atoms with van der Waals surface area (Å²) >= 11 is 5.83. The number of nitrogens with zero attached hydrogens (tertiary/aromatic N) is 1. The minimum Gasteiger partial charge on any atom is -0.254 e. The van der Waals surface area contributed by atoms with Crippen LogP contribution < -0.4 is 0 Å². The number of aliphatic imine (C=N–C) groups is 1. The van der Waals surface area contributed by atoms with E-state index in [0.29, 0.717) is 0 Å². The summed E-state index contributed by atoms with van der Waals surface area (Å²) in [5, 5.41) is 0.728. The van der Waals surface area contributed by atoms with Crippen molar-refractivity contribution >= 4 is 29.1 Å². The molecule has 0 aliphatic carbocycles. The maximum absolute atomic E-state index is 5.83. The highest BCUT2D eigenvalue weighted by Gasteiger charge is 1.91. The number of allylic oxidation sites excluding steroid dienone is 1. The van der Waals surface area contributed by atoms with E-state index in [1.165, 1.54) is 5.56 Å². The molecular formula is C16H14ClN. The van der Waals surface area contributed by atoms with Gasteiger partial charge in [-0.2, -0.15) is 0 Å². The predicted octanol–water partition coefficient (Wildman–Crippen LogP) is 5.15. The molecule has 0 heterocycles. The van der Waals surface area contributed by atoms with Gasteiger partial charge in [0.15, 0.2) is 0 Å². The van der Waals surface area contributed by atoms with Gasteiger partial charge in [-0.25, -0.2) is 0 Å². The minimum absolute atomic E-state index is 0.728. The Balaban J connectivity index is 2.10. The highest BCUT2D eigenvalue weighted by molar-refractivity contribution is 6.30. The predicted molar refractivity (Wildman–Crippen MR) is 79.7 cm³/mol. The molecule has 0 fully saturated rings. The van der Waals surface area contributed by atoms with E-state index in [1.54, 1.807) is 0 Å². The van der Waals surface area contributed by atoms with Gasteiger partial charge in [-0.1, -0.05) is 48.0 Å². The van der Waals surface area contributed by atoms with Crippen molar-refractivity contribution in [3.05, 3.63) is 71.3 Å². The molecule has 2 aromatic carbocycles. The third-order valence-electron chi connectivity index (χ3n) is 2.45. The van der Waals surface area contributed by atoms with Gasteiger partial charge in [0, 0.05) is 10.7 Å². The van der Waals surface area contributed by atoms with Crippen LogP contribution in [-0.2, 0) is 0 Å². The average Bonchev–Trinajstić information content (AvgIpc) is 2.40. The van der Waals surface area contributed by atoms with Gasteiger partial charge < -0.3 is 0 Å². The van der Waals surface area contributed by atoms with Crippen molar-refractivity contribution in [3.8, 4) is 0 Å². The number of benzene rings is 2. The van der Waals surface area contributed by atoms with Crippen LogP contribution >= 0.6 is 11.6 Å². The Hall–Kier alpha value is -1.86. The van der Waals surface area contributed by atoms with Gasteiger partial charge >= 0.3 is 0 Å².